The zero-order chi connectivity index (χ0) is 23.6. The van der Waals surface area contributed by atoms with Crippen LogP contribution in [0.15, 0.2) is 45.8 Å². The first kappa shape index (κ1) is 24.0. The summed E-state index contributed by atoms with van der Waals surface area (Å²) in [6.07, 6.45) is 3.13. The van der Waals surface area contributed by atoms with E-state index in [2.05, 4.69) is 15.9 Å². The number of hydrogen-bond acceptors (Lipinski definition) is 6. The van der Waals surface area contributed by atoms with E-state index in [0.717, 1.165) is 18.4 Å². The molecule has 0 atom stereocenters. The van der Waals surface area contributed by atoms with Crippen molar-refractivity contribution in [2.45, 2.75) is 38.4 Å². The van der Waals surface area contributed by atoms with Crippen molar-refractivity contribution < 1.29 is 19.3 Å². The predicted molar refractivity (Wildman–Crippen MR) is 129 cm³/mol. The predicted octanol–water partition coefficient (Wildman–Crippen LogP) is 2.24. The van der Waals surface area contributed by atoms with Crippen molar-refractivity contribution in [3.63, 3.8) is 0 Å². The van der Waals surface area contributed by atoms with E-state index in [-0.39, 0.29) is 29.4 Å². The molecule has 10 heteroatoms. The second kappa shape index (κ2) is 10.0. The SMILES string of the molecule is COCCN1C(=O)c2c(OCc3ccccc3)c(=O)c(Br)cn2CC12CCN(B(C)O)CC2. The second-order valence-corrected chi connectivity index (χ2v) is 9.58. The van der Waals surface area contributed by atoms with Gasteiger partial charge in [0.05, 0.1) is 16.6 Å². The number of hydrogen-bond donors (Lipinski definition) is 1. The molecule has 0 aliphatic carbocycles. The number of ether oxygens (including phenoxy) is 2. The number of benzene rings is 1. The Balaban J connectivity index is 1.71. The van der Waals surface area contributed by atoms with Gasteiger partial charge < -0.3 is 28.8 Å². The van der Waals surface area contributed by atoms with Crippen molar-refractivity contribution in [3.05, 3.63) is 62.5 Å². The number of halogens is 1. The molecule has 176 valence electrons. The quantitative estimate of drug-likeness (QED) is 0.567. The van der Waals surface area contributed by atoms with E-state index in [4.69, 9.17) is 9.47 Å². The topological polar surface area (TPSA) is 84.2 Å². The van der Waals surface area contributed by atoms with E-state index in [1.54, 1.807) is 20.1 Å². The van der Waals surface area contributed by atoms with Gasteiger partial charge in [-0.1, -0.05) is 30.3 Å². The summed E-state index contributed by atoms with van der Waals surface area (Å²) in [5, 5.41) is 10.0. The molecule has 4 rings (SSSR count). The van der Waals surface area contributed by atoms with Gasteiger partial charge in [-0.2, -0.15) is 0 Å². The minimum atomic E-state index is -0.524. The van der Waals surface area contributed by atoms with Crippen LogP contribution in [0.25, 0.3) is 0 Å². The summed E-state index contributed by atoms with van der Waals surface area (Å²) in [5.74, 6) is -0.159. The summed E-state index contributed by atoms with van der Waals surface area (Å²) in [7, 11) is 1.09. The highest BCUT2D eigenvalue weighted by Crippen LogP contribution is 2.38. The van der Waals surface area contributed by atoms with Gasteiger partial charge in [0.25, 0.3) is 5.91 Å². The lowest BCUT2D eigenvalue weighted by molar-refractivity contribution is -0.00247. The van der Waals surface area contributed by atoms with Gasteiger partial charge in [0.2, 0.25) is 5.43 Å². The third-order valence-electron chi connectivity index (χ3n) is 6.68. The first-order valence-corrected chi connectivity index (χ1v) is 12.0. The Morgan fingerprint density at radius 2 is 1.88 bits per heavy atom. The number of nitrogens with zero attached hydrogens (tertiary/aromatic N) is 3. The molecule has 1 amide bonds. The molecule has 1 spiro atoms. The van der Waals surface area contributed by atoms with Crippen LogP contribution in [0, 0.1) is 0 Å². The first-order valence-electron chi connectivity index (χ1n) is 11.2. The monoisotopic (exact) mass is 517 g/mol. The van der Waals surface area contributed by atoms with Gasteiger partial charge in [-0.05, 0) is 54.2 Å². The van der Waals surface area contributed by atoms with E-state index in [1.807, 2.05) is 44.6 Å². The van der Waals surface area contributed by atoms with Crippen molar-refractivity contribution in [1.29, 1.82) is 0 Å². The van der Waals surface area contributed by atoms with Crippen LogP contribution in [-0.2, 0) is 17.9 Å². The summed E-state index contributed by atoms with van der Waals surface area (Å²) in [5.41, 5.74) is 0.437. The Kier molecular flexibility index (Phi) is 7.28. The lowest BCUT2D eigenvalue weighted by atomic mass is 9.76. The molecule has 8 nitrogen and oxygen atoms in total. The average Bonchev–Trinajstić information content (AvgIpc) is 2.80. The van der Waals surface area contributed by atoms with Crippen LogP contribution < -0.4 is 10.2 Å². The van der Waals surface area contributed by atoms with Gasteiger partial charge in [0.15, 0.2) is 11.4 Å². The van der Waals surface area contributed by atoms with Crippen molar-refractivity contribution in [3.8, 4) is 5.75 Å². The maximum absolute atomic E-state index is 13.9. The molecule has 0 saturated carbocycles. The Morgan fingerprint density at radius 3 is 2.52 bits per heavy atom. The van der Waals surface area contributed by atoms with Crippen molar-refractivity contribution >= 4 is 28.9 Å². The van der Waals surface area contributed by atoms with E-state index in [9.17, 15) is 14.6 Å². The molecule has 1 N–H and O–H groups in total. The Bertz CT molecular complexity index is 1050. The fourth-order valence-corrected chi connectivity index (χ4v) is 5.25. The molecule has 33 heavy (non-hydrogen) atoms. The highest BCUT2D eigenvalue weighted by molar-refractivity contribution is 9.10. The second-order valence-electron chi connectivity index (χ2n) is 8.73. The lowest BCUT2D eigenvalue weighted by Gasteiger charge is -2.52. The third-order valence-corrected chi connectivity index (χ3v) is 7.25. The number of fused-ring (bicyclic) bond motifs is 1. The van der Waals surface area contributed by atoms with Crippen molar-refractivity contribution in [2.24, 2.45) is 0 Å². The summed E-state index contributed by atoms with van der Waals surface area (Å²) >= 11 is 3.37. The Morgan fingerprint density at radius 1 is 1.18 bits per heavy atom. The number of amides is 1. The summed E-state index contributed by atoms with van der Waals surface area (Å²) < 4.78 is 13.5. The highest BCUT2D eigenvalue weighted by atomic mass is 79.9. The Hall–Kier alpha value is -2.14. The fraction of sp³-hybridized carbons (Fsp3) is 0.478. The van der Waals surface area contributed by atoms with Gasteiger partial charge in [-0.3, -0.25) is 9.59 Å². The van der Waals surface area contributed by atoms with Crippen molar-refractivity contribution in [1.82, 2.24) is 14.3 Å². The molecular formula is C23H29BBrN3O5. The maximum Gasteiger partial charge on any atom is 0.376 e. The van der Waals surface area contributed by atoms with Gasteiger partial charge in [-0.15, -0.1) is 0 Å². The number of aromatic nitrogens is 1. The van der Waals surface area contributed by atoms with Crippen LogP contribution in [0.1, 0.15) is 28.9 Å². The summed E-state index contributed by atoms with van der Waals surface area (Å²) in [6, 6.07) is 9.56. The molecule has 1 aromatic heterocycles. The lowest BCUT2D eigenvalue weighted by Crippen LogP contribution is -2.64. The maximum atomic E-state index is 13.9. The number of piperidine rings is 1. The molecule has 1 saturated heterocycles. The van der Waals surface area contributed by atoms with E-state index in [1.165, 1.54) is 0 Å². The molecule has 0 bridgehead atoms. The third kappa shape index (κ3) is 4.75. The van der Waals surface area contributed by atoms with Gasteiger partial charge in [0.1, 0.15) is 6.61 Å². The zero-order valence-corrected chi connectivity index (χ0v) is 20.6. The number of methoxy groups -OCH3 is 1. The number of carbonyl (C=O) groups excluding carboxylic acids is 1. The van der Waals surface area contributed by atoms with Gasteiger partial charge in [-0.25, -0.2) is 0 Å². The van der Waals surface area contributed by atoms with E-state index < -0.39 is 12.6 Å². The molecule has 2 aliphatic rings. The normalized spacial score (nSPS) is 17.8. The minimum Gasteiger partial charge on any atom is -0.483 e. The first-order chi connectivity index (χ1) is 15.9. The largest absolute Gasteiger partial charge is 0.483 e. The number of rotatable bonds is 7. The number of carbonyl (C=O) groups is 1. The zero-order valence-electron chi connectivity index (χ0n) is 19.0. The summed E-state index contributed by atoms with van der Waals surface area (Å²) in [6.45, 7) is 4.69. The summed E-state index contributed by atoms with van der Waals surface area (Å²) in [4.78, 5) is 30.7. The molecule has 1 fully saturated rings. The standard InChI is InChI=1S/C23H29BBrN3O5/c1-24(31)27-10-8-23(9-11-27)16-26-14-18(25)20(29)21(33-15-17-6-4-3-5-7-17)19(26)22(30)28(23)12-13-32-2/h3-7,14,31H,8-13,15-16H2,1-2H3. The van der Waals surface area contributed by atoms with Crippen LogP contribution >= 0.6 is 15.9 Å². The molecule has 3 heterocycles. The molecule has 2 aromatic rings. The van der Waals surface area contributed by atoms with Crippen LogP contribution in [0.3, 0.4) is 0 Å². The molecule has 0 radical (unpaired) electrons. The van der Waals surface area contributed by atoms with Gasteiger partial charge in [0, 0.05) is 26.4 Å². The molecular weight excluding hydrogens is 489 g/mol. The minimum absolute atomic E-state index is 0.0666. The van der Waals surface area contributed by atoms with Gasteiger partial charge >= 0.3 is 7.05 Å². The Labute approximate surface area is 202 Å². The number of pyridine rings is 1. The van der Waals surface area contributed by atoms with Crippen molar-refractivity contribution in [2.75, 3.05) is 33.4 Å². The highest BCUT2D eigenvalue weighted by Gasteiger charge is 2.48. The van der Waals surface area contributed by atoms with Crippen LogP contribution in [0.4, 0.5) is 0 Å². The smallest absolute Gasteiger partial charge is 0.376 e. The molecule has 1 aromatic carbocycles. The van der Waals surface area contributed by atoms with Crippen LogP contribution in [0.2, 0.25) is 6.82 Å². The average molecular weight is 518 g/mol. The van der Waals surface area contributed by atoms with E-state index in [0.29, 0.717) is 37.3 Å². The molecule has 2 aliphatic heterocycles. The van der Waals surface area contributed by atoms with Crippen LogP contribution in [-0.4, -0.2) is 71.1 Å². The molecule has 0 unspecified atom stereocenters. The van der Waals surface area contributed by atoms with E-state index >= 15 is 0 Å². The fourth-order valence-electron chi connectivity index (χ4n) is 4.82. The van der Waals surface area contributed by atoms with Crippen LogP contribution in [0.5, 0.6) is 5.75 Å².